The number of rotatable bonds is 4. The van der Waals surface area contributed by atoms with Gasteiger partial charge in [0.05, 0.1) is 17.5 Å². The highest BCUT2D eigenvalue weighted by Crippen LogP contribution is 2.26. The molecule has 1 fully saturated rings. The summed E-state index contributed by atoms with van der Waals surface area (Å²) in [4.78, 5) is 15.1. The normalized spacial score (nSPS) is 17.6. The second kappa shape index (κ2) is 7.15. The van der Waals surface area contributed by atoms with Crippen molar-refractivity contribution in [3.05, 3.63) is 47.8 Å². The molecule has 1 amide bonds. The van der Waals surface area contributed by atoms with Gasteiger partial charge in [0.2, 0.25) is 5.91 Å². The predicted octanol–water partition coefficient (Wildman–Crippen LogP) is 1.87. The fourth-order valence-corrected chi connectivity index (χ4v) is 3.23. The van der Waals surface area contributed by atoms with Gasteiger partial charge in [0.15, 0.2) is 0 Å². The molecule has 1 aliphatic heterocycles. The Morgan fingerprint density at radius 2 is 1.96 bits per heavy atom. The first kappa shape index (κ1) is 16.7. The number of piperidine rings is 1. The van der Waals surface area contributed by atoms with Gasteiger partial charge in [0.25, 0.3) is 0 Å². The van der Waals surface area contributed by atoms with Crippen molar-refractivity contribution in [2.24, 2.45) is 7.05 Å². The maximum atomic E-state index is 13.0. The molecule has 0 aliphatic carbocycles. The molecular formula is C18H24N4O2. The Labute approximate surface area is 142 Å². The van der Waals surface area contributed by atoms with Crippen molar-refractivity contribution >= 4 is 11.6 Å². The number of hydrogen-bond acceptors (Lipinski definition) is 4. The van der Waals surface area contributed by atoms with Crippen molar-refractivity contribution in [3.63, 3.8) is 0 Å². The molecule has 0 bridgehead atoms. The second-order valence-corrected chi connectivity index (χ2v) is 6.37. The molecule has 128 valence electrons. The highest BCUT2D eigenvalue weighted by atomic mass is 16.3. The van der Waals surface area contributed by atoms with Gasteiger partial charge in [0, 0.05) is 26.3 Å². The van der Waals surface area contributed by atoms with Crippen molar-refractivity contribution in [2.45, 2.75) is 31.9 Å². The van der Waals surface area contributed by atoms with Crippen LogP contribution in [0.5, 0.6) is 0 Å². The predicted molar refractivity (Wildman–Crippen MR) is 92.6 cm³/mol. The van der Waals surface area contributed by atoms with Gasteiger partial charge in [-0.25, -0.2) is 0 Å². The van der Waals surface area contributed by atoms with E-state index < -0.39 is 0 Å². The SMILES string of the molecule is Cc1nn(C)cc1NC(=O)C(c1ccccc1)N1CCC(O)CC1. The zero-order valence-electron chi connectivity index (χ0n) is 14.1. The number of nitrogens with zero attached hydrogens (tertiary/aromatic N) is 3. The molecule has 2 heterocycles. The van der Waals surface area contributed by atoms with E-state index in [1.807, 2.05) is 50.5 Å². The fraction of sp³-hybridized carbons (Fsp3) is 0.444. The highest BCUT2D eigenvalue weighted by Gasteiger charge is 2.31. The number of amides is 1. The van der Waals surface area contributed by atoms with Crippen LogP contribution in [0.1, 0.15) is 30.1 Å². The largest absolute Gasteiger partial charge is 0.393 e. The number of aliphatic hydroxyl groups is 1. The van der Waals surface area contributed by atoms with Gasteiger partial charge < -0.3 is 10.4 Å². The summed E-state index contributed by atoms with van der Waals surface area (Å²) in [5.41, 5.74) is 2.50. The molecule has 1 aromatic heterocycles. The molecule has 0 spiro atoms. The third kappa shape index (κ3) is 3.66. The van der Waals surface area contributed by atoms with Crippen LogP contribution in [-0.4, -0.2) is 44.9 Å². The van der Waals surface area contributed by atoms with E-state index in [4.69, 9.17) is 0 Å². The third-order valence-electron chi connectivity index (χ3n) is 4.50. The Hall–Kier alpha value is -2.18. The summed E-state index contributed by atoms with van der Waals surface area (Å²) in [6.45, 7) is 3.30. The number of nitrogens with one attached hydrogen (secondary N) is 1. The van der Waals surface area contributed by atoms with Crippen molar-refractivity contribution in [1.82, 2.24) is 14.7 Å². The molecule has 1 atom stereocenters. The number of aromatic nitrogens is 2. The van der Waals surface area contributed by atoms with Crippen molar-refractivity contribution in [2.75, 3.05) is 18.4 Å². The average Bonchev–Trinajstić information content (AvgIpc) is 2.88. The zero-order chi connectivity index (χ0) is 17.1. The summed E-state index contributed by atoms with van der Waals surface area (Å²) >= 11 is 0. The molecule has 2 N–H and O–H groups in total. The smallest absolute Gasteiger partial charge is 0.246 e. The van der Waals surface area contributed by atoms with Gasteiger partial charge in [-0.3, -0.25) is 14.4 Å². The van der Waals surface area contributed by atoms with Crippen LogP contribution in [-0.2, 0) is 11.8 Å². The lowest BCUT2D eigenvalue weighted by molar-refractivity contribution is -0.122. The van der Waals surface area contributed by atoms with Gasteiger partial charge in [0.1, 0.15) is 6.04 Å². The lowest BCUT2D eigenvalue weighted by Crippen LogP contribution is -2.43. The first-order valence-corrected chi connectivity index (χ1v) is 8.33. The molecule has 1 aromatic carbocycles. The molecule has 3 rings (SSSR count). The Balaban J connectivity index is 1.84. The summed E-state index contributed by atoms with van der Waals surface area (Å²) < 4.78 is 1.69. The number of aryl methyl sites for hydroxylation is 2. The van der Waals surface area contributed by atoms with Crippen molar-refractivity contribution < 1.29 is 9.90 Å². The molecule has 24 heavy (non-hydrogen) atoms. The summed E-state index contributed by atoms with van der Waals surface area (Å²) in [7, 11) is 1.84. The molecule has 6 nitrogen and oxygen atoms in total. The molecule has 0 saturated carbocycles. The molecule has 1 aliphatic rings. The number of hydrogen-bond donors (Lipinski definition) is 2. The van der Waals surface area contributed by atoms with Crippen LogP contribution in [0.3, 0.4) is 0 Å². The van der Waals surface area contributed by atoms with Crippen molar-refractivity contribution in [3.8, 4) is 0 Å². The molecular weight excluding hydrogens is 304 g/mol. The van der Waals surface area contributed by atoms with E-state index in [9.17, 15) is 9.90 Å². The van der Waals surface area contributed by atoms with Crippen LogP contribution in [0.4, 0.5) is 5.69 Å². The maximum absolute atomic E-state index is 13.0. The van der Waals surface area contributed by atoms with Crippen LogP contribution in [0, 0.1) is 6.92 Å². The summed E-state index contributed by atoms with van der Waals surface area (Å²) in [5, 5.41) is 17.0. The topological polar surface area (TPSA) is 70.4 Å². The van der Waals surface area contributed by atoms with Crippen LogP contribution in [0.2, 0.25) is 0 Å². The van der Waals surface area contributed by atoms with E-state index in [0.29, 0.717) is 25.9 Å². The van der Waals surface area contributed by atoms with Gasteiger partial charge in [-0.1, -0.05) is 30.3 Å². The fourth-order valence-electron chi connectivity index (χ4n) is 3.23. The highest BCUT2D eigenvalue weighted by molar-refractivity contribution is 5.95. The Bertz CT molecular complexity index is 690. The molecule has 0 radical (unpaired) electrons. The summed E-state index contributed by atoms with van der Waals surface area (Å²) in [5.74, 6) is -0.0614. The summed E-state index contributed by atoms with van der Waals surface area (Å²) in [6, 6.07) is 9.44. The van der Waals surface area contributed by atoms with Gasteiger partial charge in [-0.15, -0.1) is 0 Å². The van der Waals surface area contributed by atoms with Crippen LogP contribution in [0.25, 0.3) is 0 Å². The van der Waals surface area contributed by atoms with E-state index >= 15 is 0 Å². The number of carbonyl (C=O) groups is 1. The number of aliphatic hydroxyl groups excluding tert-OH is 1. The minimum Gasteiger partial charge on any atom is -0.393 e. The van der Waals surface area contributed by atoms with E-state index in [2.05, 4.69) is 15.3 Å². The van der Waals surface area contributed by atoms with Crippen LogP contribution in [0.15, 0.2) is 36.5 Å². The third-order valence-corrected chi connectivity index (χ3v) is 4.50. The van der Waals surface area contributed by atoms with Crippen LogP contribution < -0.4 is 5.32 Å². The maximum Gasteiger partial charge on any atom is 0.246 e. The standard InChI is InChI=1S/C18H24N4O2/c1-13-16(12-21(2)20-13)19-18(24)17(14-6-4-3-5-7-14)22-10-8-15(23)9-11-22/h3-7,12,15,17,23H,8-11H2,1-2H3,(H,19,24). The van der Waals surface area contributed by atoms with Crippen LogP contribution >= 0.6 is 0 Å². The average molecular weight is 328 g/mol. The monoisotopic (exact) mass is 328 g/mol. The van der Waals surface area contributed by atoms with E-state index in [0.717, 1.165) is 16.9 Å². The first-order valence-electron chi connectivity index (χ1n) is 8.33. The summed E-state index contributed by atoms with van der Waals surface area (Å²) in [6.07, 6.45) is 2.95. The van der Waals surface area contributed by atoms with E-state index in [1.165, 1.54) is 0 Å². The number of benzene rings is 1. The Morgan fingerprint density at radius 3 is 2.54 bits per heavy atom. The Morgan fingerprint density at radius 1 is 1.29 bits per heavy atom. The minimum atomic E-state index is -0.363. The second-order valence-electron chi connectivity index (χ2n) is 6.37. The van der Waals surface area contributed by atoms with E-state index in [-0.39, 0.29) is 18.1 Å². The van der Waals surface area contributed by atoms with Gasteiger partial charge in [-0.05, 0) is 25.3 Å². The number of anilines is 1. The lowest BCUT2D eigenvalue weighted by atomic mass is 10.00. The molecule has 2 aromatic rings. The lowest BCUT2D eigenvalue weighted by Gasteiger charge is -2.35. The quantitative estimate of drug-likeness (QED) is 0.899. The molecule has 1 saturated heterocycles. The minimum absolute atomic E-state index is 0.0614. The van der Waals surface area contributed by atoms with Gasteiger partial charge >= 0.3 is 0 Å². The number of likely N-dealkylation sites (tertiary alicyclic amines) is 1. The molecule has 1 unspecified atom stereocenters. The van der Waals surface area contributed by atoms with E-state index in [1.54, 1.807) is 4.68 Å². The first-order chi connectivity index (χ1) is 11.5. The molecule has 6 heteroatoms. The Kier molecular flexibility index (Phi) is 4.97. The van der Waals surface area contributed by atoms with Crippen molar-refractivity contribution in [1.29, 1.82) is 0 Å². The van der Waals surface area contributed by atoms with Gasteiger partial charge in [-0.2, -0.15) is 5.10 Å². The number of carbonyl (C=O) groups excluding carboxylic acids is 1. The zero-order valence-corrected chi connectivity index (χ0v) is 14.1.